The van der Waals surface area contributed by atoms with Gasteiger partial charge in [0.05, 0.1) is 17.0 Å². The van der Waals surface area contributed by atoms with Crippen molar-refractivity contribution in [3.63, 3.8) is 0 Å². The van der Waals surface area contributed by atoms with E-state index in [0.29, 0.717) is 5.69 Å². The molecule has 1 rings (SSSR count). The molecule has 0 bridgehead atoms. The number of thiocarbonyl (C=S) groups is 1. The van der Waals surface area contributed by atoms with Crippen LogP contribution in [0.4, 0.5) is 16.3 Å². The van der Waals surface area contributed by atoms with E-state index in [9.17, 15) is 4.79 Å². The van der Waals surface area contributed by atoms with E-state index in [0.717, 1.165) is 0 Å². The molecule has 0 atom stereocenters. The van der Waals surface area contributed by atoms with E-state index in [4.69, 9.17) is 5.11 Å². The smallest absolute Gasteiger partial charge is 0.410 e. The van der Waals surface area contributed by atoms with Crippen LogP contribution in [0.5, 0.6) is 0 Å². The number of pyridine rings is 1. The number of hydrogen-bond acceptors (Lipinski definition) is 4. The van der Waals surface area contributed by atoms with E-state index < -0.39 is 6.09 Å². The predicted molar refractivity (Wildman–Crippen MR) is 50.6 cm³/mol. The van der Waals surface area contributed by atoms with Crippen LogP contribution in [0.2, 0.25) is 0 Å². The monoisotopic (exact) mass is 195 g/mol. The molecule has 0 aromatic carbocycles. The number of nitrogens with zero attached hydrogens (tertiary/aromatic N) is 2. The molecule has 0 fully saturated rings. The summed E-state index contributed by atoms with van der Waals surface area (Å²) in [5.74, 6) is 0.246. The highest BCUT2D eigenvalue weighted by Crippen LogP contribution is 2.11. The van der Waals surface area contributed by atoms with Crippen molar-refractivity contribution >= 4 is 35.0 Å². The molecule has 0 unspecified atom stereocenters. The molecule has 6 heteroatoms. The van der Waals surface area contributed by atoms with Gasteiger partial charge in [0.15, 0.2) is 0 Å². The normalized spacial score (nSPS) is 8.62. The molecule has 0 spiro atoms. The summed E-state index contributed by atoms with van der Waals surface area (Å²) in [4.78, 5) is 17.6. The van der Waals surface area contributed by atoms with Gasteiger partial charge in [-0.25, -0.2) is 9.78 Å². The van der Waals surface area contributed by atoms with Crippen molar-refractivity contribution in [1.82, 2.24) is 4.98 Å². The number of aliphatic imine (C=N–C) groups is 1. The zero-order chi connectivity index (χ0) is 9.68. The van der Waals surface area contributed by atoms with Gasteiger partial charge in [0, 0.05) is 0 Å². The first kappa shape index (κ1) is 9.31. The quantitative estimate of drug-likeness (QED) is 0.558. The number of carboxylic acid groups (broad SMARTS) is 1. The third-order valence-electron chi connectivity index (χ3n) is 1.16. The van der Waals surface area contributed by atoms with Crippen LogP contribution in [-0.2, 0) is 0 Å². The molecule has 0 aliphatic carbocycles. The van der Waals surface area contributed by atoms with Gasteiger partial charge in [0.1, 0.15) is 5.82 Å². The van der Waals surface area contributed by atoms with Crippen molar-refractivity contribution in [2.45, 2.75) is 0 Å². The molecule has 0 saturated heterocycles. The Balaban J connectivity index is 2.80. The number of aromatic nitrogens is 1. The van der Waals surface area contributed by atoms with Crippen LogP contribution >= 0.6 is 12.2 Å². The summed E-state index contributed by atoms with van der Waals surface area (Å²) >= 11 is 4.38. The zero-order valence-corrected chi connectivity index (χ0v) is 7.21. The highest BCUT2D eigenvalue weighted by Gasteiger charge is 1.97. The van der Waals surface area contributed by atoms with Crippen LogP contribution in [-0.4, -0.2) is 21.3 Å². The zero-order valence-electron chi connectivity index (χ0n) is 6.39. The van der Waals surface area contributed by atoms with E-state index in [2.05, 4.69) is 32.7 Å². The minimum absolute atomic E-state index is 0.246. The minimum Gasteiger partial charge on any atom is -0.465 e. The Morgan fingerprint density at radius 3 is 2.92 bits per heavy atom. The topological polar surface area (TPSA) is 74.6 Å². The van der Waals surface area contributed by atoms with Gasteiger partial charge < -0.3 is 5.11 Å². The Hall–Kier alpha value is -1.78. The molecule has 1 aromatic heterocycles. The molecule has 66 valence electrons. The molecule has 1 heterocycles. The largest absolute Gasteiger partial charge is 0.465 e. The van der Waals surface area contributed by atoms with E-state index in [1.807, 2.05) is 0 Å². The van der Waals surface area contributed by atoms with Gasteiger partial charge in [-0.2, -0.15) is 4.99 Å². The highest BCUT2D eigenvalue weighted by atomic mass is 32.1. The third-order valence-corrected chi connectivity index (χ3v) is 1.25. The third kappa shape index (κ3) is 2.98. The molecule has 1 aromatic rings. The average Bonchev–Trinajstić information content (AvgIpc) is 2.08. The fourth-order valence-electron chi connectivity index (χ4n) is 0.688. The van der Waals surface area contributed by atoms with Crippen molar-refractivity contribution in [3.8, 4) is 0 Å². The summed E-state index contributed by atoms with van der Waals surface area (Å²) in [6.45, 7) is 0. The minimum atomic E-state index is -1.15. The lowest BCUT2D eigenvalue weighted by Crippen LogP contribution is -2.08. The fourth-order valence-corrected chi connectivity index (χ4v) is 0.794. The average molecular weight is 195 g/mol. The maximum absolute atomic E-state index is 10.2. The molecule has 0 radical (unpaired) electrons. The Bertz CT molecular complexity index is 357. The molecule has 13 heavy (non-hydrogen) atoms. The lowest BCUT2D eigenvalue weighted by Gasteiger charge is -1.97. The van der Waals surface area contributed by atoms with Gasteiger partial charge in [-0.15, -0.1) is 0 Å². The molecule has 0 aliphatic rings. The molecule has 1 amide bonds. The molecule has 5 nitrogen and oxygen atoms in total. The Morgan fingerprint density at radius 1 is 1.69 bits per heavy atom. The van der Waals surface area contributed by atoms with Crippen LogP contribution in [0.25, 0.3) is 0 Å². The van der Waals surface area contributed by atoms with Crippen LogP contribution in [0.1, 0.15) is 0 Å². The van der Waals surface area contributed by atoms with Crippen LogP contribution in [0, 0.1) is 0 Å². The van der Waals surface area contributed by atoms with Crippen molar-refractivity contribution in [3.05, 3.63) is 18.3 Å². The molecule has 0 saturated carbocycles. The summed E-state index contributed by atoms with van der Waals surface area (Å²) in [6, 6.07) is 3.07. The maximum Gasteiger partial charge on any atom is 0.410 e. The lowest BCUT2D eigenvalue weighted by atomic mass is 10.4. The number of isothiocyanates is 1. The van der Waals surface area contributed by atoms with Crippen molar-refractivity contribution in [2.75, 3.05) is 5.32 Å². The van der Waals surface area contributed by atoms with Crippen molar-refractivity contribution in [2.24, 2.45) is 4.99 Å². The predicted octanol–water partition coefficient (Wildman–Crippen LogP) is 1.91. The van der Waals surface area contributed by atoms with E-state index in [-0.39, 0.29) is 5.82 Å². The van der Waals surface area contributed by atoms with Gasteiger partial charge in [-0.05, 0) is 24.4 Å². The highest BCUT2D eigenvalue weighted by molar-refractivity contribution is 7.78. The van der Waals surface area contributed by atoms with E-state index >= 15 is 0 Å². The Morgan fingerprint density at radius 2 is 2.46 bits per heavy atom. The van der Waals surface area contributed by atoms with E-state index in [1.54, 1.807) is 6.07 Å². The van der Waals surface area contributed by atoms with Gasteiger partial charge in [0.2, 0.25) is 0 Å². The van der Waals surface area contributed by atoms with Gasteiger partial charge in [-0.1, -0.05) is 0 Å². The second kappa shape index (κ2) is 4.30. The Kier molecular flexibility index (Phi) is 3.08. The number of nitrogens with one attached hydrogen (secondary N) is 1. The number of anilines is 1. The number of amides is 1. The SMILES string of the molecule is O=C(O)Nc1ccc(N=C=S)cn1. The summed E-state index contributed by atoms with van der Waals surface area (Å²) in [6.07, 6.45) is 0.239. The van der Waals surface area contributed by atoms with Crippen molar-refractivity contribution < 1.29 is 9.90 Å². The van der Waals surface area contributed by atoms with Crippen molar-refractivity contribution in [1.29, 1.82) is 0 Å². The first-order chi connectivity index (χ1) is 6.22. The summed E-state index contributed by atoms with van der Waals surface area (Å²) < 4.78 is 0. The second-order valence-electron chi connectivity index (χ2n) is 2.03. The fraction of sp³-hybridized carbons (Fsp3) is 0. The standard InChI is InChI=1S/C7H5N3O2S/c11-7(12)10-6-2-1-5(3-8-6)9-4-13/h1-3H,(H,8,10)(H,11,12). The maximum atomic E-state index is 10.2. The second-order valence-corrected chi connectivity index (χ2v) is 2.22. The van der Waals surface area contributed by atoms with E-state index in [1.165, 1.54) is 12.3 Å². The van der Waals surface area contributed by atoms with Crippen LogP contribution in [0.15, 0.2) is 23.3 Å². The lowest BCUT2D eigenvalue weighted by molar-refractivity contribution is 0.209. The first-order valence-electron chi connectivity index (χ1n) is 3.26. The molecular formula is C7H5N3O2S. The first-order valence-corrected chi connectivity index (χ1v) is 3.67. The summed E-state index contributed by atoms with van der Waals surface area (Å²) in [5.41, 5.74) is 0.533. The molecule has 2 N–H and O–H groups in total. The summed E-state index contributed by atoms with van der Waals surface area (Å²) in [5, 5.41) is 12.6. The number of carbonyl (C=O) groups is 1. The van der Waals surface area contributed by atoms with Crippen LogP contribution in [0.3, 0.4) is 0 Å². The van der Waals surface area contributed by atoms with Gasteiger partial charge in [-0.3, -0.25) is 5.32 Å². The van der Waals surface area contributed by atoms with Gasteiger partial charge >= 0.3 is 6.09 Å². The summed E-state index contributed by atoms with van der Waals surface area (Å²) in [7, 11) is 0. The molecular weight excluding hydrogens is 190 g/mol. The Labute approximate surface area is 79.1 Å². The number of rotatable bonds is 2. The number of hydrogen-bond donors (Lipinski definition) is 2. The van der Waals surface area contributed by atoms with Gasteiger partial charge in [0.25, 0.3) is 0 Å². The molecule has 0 aliphatic heterocycles. The van der Waals surface area contributed by atoms with Crippen LogP contribution < -0.4 is 5.32 Å².